The number of carbonyl (C=O) groups is 2. The SMILES string of the molecule is NC1=NC(=O)[C@H](CC(=O)Nc2cccc(C(F)(F)F)c2)S1. The first kappa shape index (κ1) is 15.4. The standard InChI is InChI=1S/C12H10F3N3O2S/c13-12(14,15)6-2-1-3-7(4-6)17-9(19)5-8-10(20)18-11(16)21-8/h1-4,8H,5H2,(H,17,19)(H2,16,18,20)/t8-/m0/s1. The summed E-state index contributed by atoms with van der Waals surface area (Å²) in [5.74, 6) is -1.10. The molecule has 2 amide bonds. The Morgan fingerprint density at radius 1 is 1.43 bits per heavy atom. The molecule has 0 saturated carbocycles. The normalized spacial score (nSPS) is 18.5. The lowest BCUT2D eigenvalue weighted by Gasteiger charge is -2.11. The van der Waals surface area contributed by atoms with Crippen LogP contribution in [0.1, 0.15) is 12.0 Å². The van der Waals surface area contributed by atoms with Crippen molar-refractivity contribution < 1.29 is 22.8 Å². The van der Waals surface area contributed by atoms with Gasteiger partial charge < -0.3 is 11.1 Å². The van der Waals surface area contributed by atoms with Crippen molar-refractivity contribution in [2.45, 2.75) is 17.8 Å². The molecule has 0 unspecified atom stereocenters. The second kappa shape index (κ2) is 5.76. The lowest BCUT2D eigenvalue weighted by molar-refractivity contribution is -0.137. The van der Waals surface area contributed by atoms with Gasteiger partial charge in [-0.2, -0.15) is 18.2 Å². The van der Waals surface area contributed by atoms with E-state index >= 15 is 0 Å². The molecule has 1 aliphatic rings. The van der Waals surface area contributed by atoms with Crippen LogP contribution in [-0.4, -0.2) is 22.2 Å². The number of carbonyl (C=O) groups excluding carboxylic acids is 2. The van der Waals surface area contributed by atoms with Gasteiger partial charge in [-0.1, -0.05) is 17.8 Å². The number of aliphatic imine (C=N–C) groups is 1. The Morgan fingerprint density at radius 3 is 2.71 bits per heavy atom. The third-order valence-corrected chi connectivity index (χ3v) is 3.59. The van der Waals surface area contributed by atoms with Crippen molar-refractivity contribution in [1.82, 2.24) is 0 Å². The number of amides is 2. The highest BCUT2D eigenvalue weighted by atomic mass is 32.2. The third kappa shape index (κ3) is 3.97. The van der Waals surface area contributed by atoms with Crippen LogP contribution in [0.15, 0.2) is 29.3 Å². The molecule has 0 spiro atoms. The molecule has 1 aromatic rings. The maximum Gasteiger partial charge on any atom is 0.416 e. The van der Waals surface area contributed by atoms with Gasteiger partial charge in [-0.15, -0.1) is 0 Å². The lowest BCUT2D eigenvalue weighted by atomic mass is 10.2. The van der Waals surface area contributed by atoms with E-state index in [1.165, 1.54) is 12.1 Å². The molecule has 0 aromatic heterocycles. The number of anilines is 1. The van der Waals surface area contributed by atoms with E-state index in [1.54, 1.807) is 0 Å². The number of nitrogens with zero attached hydrogens (tertiary/aromatic N) is 1. The monoisotopic (exact) mass is 317 g/mol. The van der Waals surface area contributed by atoms with Crippen molar-refractivity contribution in [3.63, 3.8) is 0 Å². The van der Waals surface area contributed by atoms with Gasteiger partial charge in [-0.05, 0) is 18.2 Å². The minimum Gasteiger partial charge on any atom is -0.378 e. The fraction of sp³-hybridized carbons (Fsp3) is 0.250. The number of hydrogen-bond acceptors (Lipinski definition) is 4. The minimum atomic E-state index is -4.49. The van der Waals surface area contributed by atoms with Crippen LogP contribution in [0.3, 0.4) is 0 Å². The number of nitrogens with one attached hydrogen (secondary N) is 1. The third-order valence-electron chi connectivity index (χ3n) is 2.60. The summed E-state index contributed by atoms with van der Waals surface area (Å²) in [5.41, 5.74) is 4.50. The molecule has 1 atom stereocenters. The first-order valence-corrected chi connectivity index (χ1v) is 6.65. The first-order chi connectivity index (χ1) is 9.75. The van der Waals surface area contributed by atoms with Gasteiger partial charge >= 0.3 is 6.18 Å². The fourth-order valence-corrected chi connectivity index (χ4v) is 2.51. The zero-order chi connectivity index (χ0) is 15.6. The predicted molar refractivity (Wildman–Crippen MR) is 72.7 cm³/mol. The van der Waals surface area contributed by atoms with E-state index in [4.69, 9.17) is 5.73 Å². The molecule has 0 bridgehead atoms. The van der Waals surface area contributed by atoms with Gasteiger partial charge in [0.15, 0.2) is 5.17 Å². The Morgan fingerprint density at radius 2 is 2.14 bits per heavy atom. The van der Waals surface area contributed by atoms with Crippen molar-refractivity contribution in [3.8, 4) is 0 Å². The largest absolute Gasteiger partial charge is 0.416 e. The second-order valence-electron chi connectivity index (χ2n) is 4.23. The van der Waals surface area contributed by atoms with E-state index in [-0.39, 0.29) is 17.3 Å². The van der Waals surface area contributed by atoms with E-state index in [1.807, 2.05) is 0 Å². The van der Waals surface area contributed by atoms with Crippen LogP contribution >= 0.6 is 11.8 Å². The molecule has 1 heterocycles. The lowest BCUT2D eigenvalue weighted by Crippen LogP contribution is -2.21. The van der Waals surface area contributed by atoms with Gasteiger partial charge in [0.25, 0.3) is 5.91 Å². The summed E-state index contributed by atoms with van der Waals surface area (Å²) < 4.78 is 37.6. The van der Waals surface area contributed by atoms with Crippen molar-refractivity contribution in [1.29, 1.82) is 0 Å². The maximum absolute atomic E-state index is 12.5. The first-order valence-electron chi connectivity index (χ1n) is 5.77. The molecule has 9 heteroatoms. The van der Waals surface area contributed by atoms with Crippen molar-refractivity contribution in [3.05, 3.63) is 29.8 Å². The molecule has 21 heavy (non-hydrogen) atoms. The van der Waals surface area contributed by atoms with Gasteiger partial charge in [-0.25, -0.2) is 0 Å². The molecular formula is C12H10F3N3O2S. The van der Waals surface area contributed by atoms with Gasteiger partial charge in [0.2, 0.25) is 5.91 Å². The van der Waals surface area contributed by atoms with Gasteiger partial charge in [0.1, 0.15) is 5.25 Å². The Labute approximate surface area is 121 Å². The number of thioether (sulfide) groups is 1. The summed E-state index contributed by atoms with van der Waals surface area (Å²) in [5, 5.41) is 1.67. The summed E-state index contributed by atoms with van der Waals surface area (Å²) in [6.45, 7) is 0. The van der Waals surface area contributed by atoms with Crippen LogP contribution in [0.5, 0.6) is 0 Å². The number of benzene rings is 1. The van der Waals surface area contributed by atoms with Gasteiger partial charge in [0, 0.05) is 12.1 Å². The average molecular weight is 317 g/mol. The fourth-order valence-electron chi connectivity index (χ4n) is 1.69. The van der Waals surface area contributed by atoms with E-state index in [0.717, 1.165) is 23.9 Å². The maximum atomic E-state index is 12.5. The molecule has 0 radical (unpaired) electrons. The van der Waals surface area contributed by atoms with Crippen LogP contribution in [0.4, 0.5) is 18.9 Å². The van der Waals surface area contributed by atoms with Gasteiger partial charge in [-0.3, -0.25) is 9.59 Å². The average Bonchev–Trinajstić information content (AvgIpc) is 2.67. The minimum absolute atomic E-state index is 0.0131. The van der Waals surface area contributed by atoms with E-state index in [2.05, 4.69) is 10.3 Å². The number of rotatable bonds is 3. The summed E-state index contributed by atoms with van der Waals surface area (Å²) in [7, 11) is 0. The summed E-state index contributed by atoms with van der Waals surface area (Å²) in [6, 6.07) is 4.25. The summed E-state index contributed by atoms with van der Waals surface area (Å²) >= 11 is 0.957. The molecule has 0 fully saturated rings. The highest BCUT2D eigenvalue weighted by molar-refractivity contribution is 8.15. The van der Waals surface area contributed by atoms with Crippen molar-refractivity contribution in [2.24, 2.45) is 10.7 Å². The Kier molecular flexibility index (Phi) is 4.21. The Hall–Kier alpha value is -2.03. The van der Waals surface area contributed by atoms with Crippen LogP contribution < -0.4 is 11.1 Å². The highest BCUT2D eigenvalue weighted by Gasteiger charge is 2.31. The quantitative estimate of drug-likeness (QED) is 0.893. The van der Waals surface area contributed by atoms with E-state index in [9.17, 15) is 22.8 Å². The van der Waals surface area contributed by atoms with Crippen LogP contribution in [0.2, 0.25) is 0 Å². The number of nitrogens with two attached hydrogens (primary N) is 1. The smallest absolute Gasteiger partial charge is 0.378 e. The number of alkyl halides is 3. The molecular weight excluding hydrogens is 307 g/mol. The molecule has 3 N–H and O–H groups in total. The molecule has 2 rings (SSSR count). The number of amidine groups is 1. The molecule has 1 aliphatic heterocycles. The van der Waals surface area contributed by atoms with Gasteiger partial charge in [0.05, 0.1) is 5.56 Å². The molecule has 1 aromatic carbocycles. The van der Waals surface area contributed by atoms with Crippen molar-refractivity contribution in [2.75, 3.05) is 5.32 Å². The molecule has 5 nitrogen and oxygen atoms in total. The molecule has 0 aliphatic carbocycles. The van der Waals surface area contributed by atoms with Crippen LogP contribution in [0.25, 0.3) is 0 Å². The number of halogens is 3. The zero-order valence-corrected chi connectivity index (χ0v) is 11.3. The molecule has 112 valence electrons. The van der Waals surface area contributed by atoms with E-state index < -0.39 is 28.8 Å². The summed E-state index contributed by atoms with van der Waals surface area (Å²) in [4.78, 5) is 26.5. The topological polar surface area (TPSA) is 84.5 Å². The molecule has 0 saturated heterocycles. The Balaban J connectivity index is 1.99. The second-order valence-corrected chi connectivity index (χ2v) is 5.45. The summed E-state index contributed by atoms with van der Waals surface area (Å²) in [6.07, 6.45) is -4.69. The van der Waals surface area contributed by atoms with Crippen LogP contribution in [-0.2, 0) is 15.8 Å². The predicted octanol–water partition coefficient (Wildman–Crippen LogP) is 1.99. The van der Waals surface area contributed by atoms with E-state index in [0.29, 0.717) is 0 Å². The number of hydrogen-bond donors (Lipinski definition) is 2. The van der Waals surface area contributed by atoms with Crippen LogP contribution in [0, 0.1) is 0 Å². The zero-order valence-electron chi connectivity index (χ0n) is 10.5. The van der Waals surface area contributed by atoms with Crippen molar-refractivity contribution >= 4 is 34.4 Å². The highest BCUT2D eigenvalue weighted by Crippen LogP contribution is 2.31. The Bertz CT molecular complexity index is 616.